The number of hydrogen-bond acceptors (Lipinski definition) is 3. The molecule has 0 fully saturated rings. The van der Waals surface area contributed by atoms with Crippen LogP contribution in [0.5, 0.6) is 0 Å². The van der Waals surface area contributed by atoms with Crippen LogP contribution in [0.3, 0.4) is 0 Å². The second kappa shape index (κ2) is 5.34. The Hall–Kier alpha value is -1.32. The highest BCUT2D eigenvalue weighted by atomic mass is 35.5. The molecule has 0 saturated heterocycles. The van der Waals surface area contributed by atoms with Crippen molar-refractivity contribution >= 4 is 11.6 Å². The van der Waals surface area contributed by atoms with Gasteiger partial charge in [-0.3, -0.25) is 0 Å². The van der Waals surface area contributed by atoms with Crippen molar-refractivity contribution in [2.75, 3.05) is 6.54 Å². The molecule has 0 amide bonds. The number of benzene rings is 1. The van der Waals surface area contributed by atoms with Gasteiger partial charge in [0.05, 0.1) is 6.20 Å². The molecule has 2 rings (SSSR count). The summed E-state index contributed by atoms with van der Waals surface area (Å²) in [5, 5.41) is 0.761. The van der Waals surface area contributed by atoms with Gasteiger partial charge in [0.15, 0.2) is 11.7 Å². The molecule has 0 radical (unpaired) electrons. The van der Waals surface area contributed by atoms with Crippen LogP contribution < -0.4 is 5.73 Å². The van der Waals surface area contributed by atoms with Gasteiger partial charge in [-0.2, -0.15) is 0 Å². The summed E-state index contributed by atoms with van der Waals surface area (Å²) in [6.45, 7) is 2.62. The first-order valence-electron chi connectivity index (χ1n) is 5.62. The number of rotatable bonds is 4. The molecular formula is C13H15ClN2O. The largest absolute Gasteiger partial charge is 0.441 e. The predicted molar refractivity (Wildman–Crippen MR) is 69.1 cm³/mol. The molecular weight excluding hydrogens is 236 g/mol. The topological polar surface area (TPSA) is 52.0 Å². The maximum atomic E-state index is 5.98. The fourth-order valence-corrected chi connectivity index (χ4v) is 1.73. The van der Waals surface area contributed by atoms with Gasteiger partial charge in [0.2, 0.25) is 0 Å². The summed E-state index contributed by atoms with van der Waals surface area (Å²) in [6, 6.07) is 5.80. The molecule has 2 N–H and O–H groups in total. The van der Waals surface area contributed by atoms with Gasteiger partial charge in [0.1, 0.15) is 0 Å². The number of hydrogen-bond donors (Lipinski definition) is 1. The van der Waals surface area contributed by atoms with E-state index in [1.807, 2.05) is 25.1 Å². The molecule has 90 valence electrons. The number of oxazole rings is 1. The summed E-state index contributed by atoms with van der Waals surface area (Å²) in [5.41, 5.74) is 7.48. The zero-order chi connectivity index (χ0) is 12.3. The van der Waals surface area contributed by atoms with Gasteiger partial charge in [0.25, 0.3) is 0 Å². The Kier molecular flexibility index (Phi) is 3.82. The Bertz CT molecular complexity index is 508. The van der Waals surface area contributed by atoms with E-state index in [2.05, 4.69) is 4.98 Å². The number of nitrogens with zero attached hydrogens (tertiary/aromatic N) is 1. The Balaban J connectivity index is 2.21. The molecule has 4 heteroatoms. The highest BCUT2D eigenvalue weighted by Gasteiger charge is 2.07. The summed E-state index contributed by atoms with van der Waals surface area (Å²) in [5.74, 6) is 1.51. The molecule has 0 unspecified atom stereocenters. The van der Waals surface area contributed by atoms with Crippen molar-refractivity contribution in [1.29, 1.82) is 0 Å². The van der Waals surface area contributed by atoms with E-state index in [0.29, 0.717) is 6.54 Å². The van der Waals surface area contributed by atoms with Gasteiger partial charge in [-0.25, -0.2) is 4.98 Å². The number of aromatic nitrogens is 1. The monoisotopic (exact) mass is 250 g/mol. The van der Waals surface area contributed by atoms with E-state index < -0.39 is 0 Å². The first-order valence-corrected chi connectivity index (χ1v) is 6.00. The molecule has 0 bridgehead atoms. The van der Waals surface area contributed by atoms with Crippen molar-refractivity contribution < 1.29 is 4.42 Å². The second-order valence-electron chi connectivity index (χ2n) is 3.97. The van der Waals surface area contributed by atoms with E-state index in [-0.39, 0.29) is 0 Å². The fraction of sp³-hybridized carbons (Fsp3) is 0.308. The first kappa shape index (κ1) is 12.1. The Labute approximate surface area is 106 Å². The fourth-order valence-electron chi connectivity index (χ4n) is 1.61. The molecule has 1 aromatic heterocycles. The molecule has 0 saturated carbocycles. The molecule has 0 aliphatic heterocycles. The molecule has 1 heterocycles. The van der Waals surface area contributed by atoms with E-state index >= 15 is 0 Å². The van der Waals surface area contributed by atoms with E-state index in [4.69, 9.17) is 21.8 Å². The van der Waals surface area contributed by atoms with Crippen molar-refractivity contribution in [3.8, 4) is 11.3 Å². The normalized spacial score (nSPS) is 10.8. The quantitative estimate of drug-likeness (QED) is 0.907. The minimum atomic E-state index is 0.651. The minimum Gasteiger partial charge on any atom is -0.441 e. The highest BCUT2D eigenvalue weighted by Crippen LogP contribution is 2.25. The van der Waals surface area contributed by atoms with Crippen LogP contribution in [0.2, 0.25) is 5.02 Å². The van der Waals surface area contributed by atoms with Gasteiger partial charge >= 0.3 is 0 Å². The standard InChI is InChI=1S/C13H15ClN2O/c1-9-7-10(4-5-11(9)14)12-8-16-13(17-12)3-2-6-15/h4-5,7-8H,2-3,6,15H2,1H3. The van der Waals surface area contributed by atoms with E-state index in [9.17, 15) is 0 Å². The lowest BCUT2D eigenvalue weighted by molar-refractivity contribution is 0.499. The van der Waals surface area contributed by atoms with Crippen LogP contribution in [-0.4, -0.2) is 11.5 Å². The third-order valence-corrected chi connectivity index (χ3v) is 3.01. The third kappa shape index (κ3) is 2.87. The van der Waals surface area contributed by atoms with E-state index in [0.717, 1.165) is 40.6 Å². The van der Waals surface area contributed by atoms with Crippen LogP contribution in [0.1, 0.15) is 17.9 Å². The van der Waals surface area contributed by atoms with Crippen LogP contribution in [0.4, 0.5) is 0 Å². The van der Waals surface area contributed by atoms with Gasteiger partial charge in [0, 0.05) is 17.0 Å². The predicted octanol–water partition coefficient (Wildman–Crippen LogP) is 3.19. The molecule has 17 heavy (non-hydrogen) atoms. The summed E-state index contributed by atoms with van der Waals surface area (Å²) >= 11 is 5.98. The Morgan fingerprint density at radius 2 is 2.24 bits per heavy atom. The van der Waals surface area contributed by atoms with Gasteiger partial charge in [-0.15, -0.1) is 0 Å². The number of aryl methyl sites for hydroxylation is 2. The maximum absolute atomic E-state index is 5.98. The second-order valence-corrected chi connectivity index (χ2v) is 4.38. The number of halogens is 1. The van der Waals surface area contributed by atoms with Gasteiger partial charge in [-0.1, -0.05) is 11.6 Å². The minimum absolute atomic E-state index is 0.651. The highest BCUT2D eigenvalue weighted by molar-refractivity contribution is 6.31. The molecule has 0 spiro atoms. The molecule has 0 aliphatic carbocycles. The zero-order valence-electron chi connectivity index (χ0n) is 9.74. The van der Waals surface area contributed by atoms with Crippen LogP contribution in [0.25, 0.3) is 11.3 Å². The van der Waals surface area contributed by atoms with Crippen molar-refractivity contribution in [3.63, 3.8) is 0 Å². The summed E-state index contributed by atoms with van der Waals surface area (Å²) in [7, 11) is 0. The molecule has 2 aromatic rings. The van der Waals surface area contributed by atoms with Gasteiger partial charge in [-0.05, 0) is 43.7 Å². The lowest BCUT2D eigenvalue weighted by Crippen LogP contribution is -2.00. The lowest BCUT2D eigenvalue weighted by Gasteiger charge is -2.00. The van der Waals surface area contributed by atoms with Crippen LogP contribution in [-0.2, 0) is 6.42 Å². The SMILES string of the molecule is Cc1cc(-c2cnc(CCCN)o2)ccc1Cl. The Morgan fingerprint density at radius 3 is 2.94 bits per heavy atom. The van der Waals surface area contributed by atoms with Crippen LogP contribution >= 0.6 is 11.6 Å². The van der Waals surface area contributed by atoms with Gasteiger partial charge < -0.3 is 10.2 Å². The molecule has 3 nitrogen and oxygen atoms in total. The lowest BCUT2D eigenvalue weighted by atomic mass is 10.1. The van der Waals surface area contributed by atoms with Crippen molar-refractivity contribution in [1.82, 2.24) is 4.98 Å². The number of nitrogens with two attached hydrogens (primary N) is 1. The maximum Gasteiger partial charge on any atom is 0.194 e. The first-order chi connectivity index (χ1) is 8.20. The van der Waals surface area contributed by atoms with Crippen LogP contribution in [0.15, 0.2) is 28.8 Å². The summed E-state index contributed by atoms with van der Waals surface area (Å²) in [6.07, 6.45) is 3.41. The van der Waals surface area contributed by atoms with Crippen LogP contribution in [0, 0.1) is 6.92 Å². The summed E-state index contributed by atoms with van der Waals surface area (Å²) < 4.78 is 5.66. The van der Waals surface area contributed by atoms with E-state index in [1.54, 1.807) is 6.20 Å². The third-order valence-electron chi connectivity index (χ3n) is 2.59. The van der Waals surface area contributed by atoms with E-state index in [1.165, 1.54) is 0 Å². The van der Waals surface area contributed by atoms with Crippen molar-refractivity contribution in [2.24, 2.45) is 5.73 Å². The van der Waals surface area contributed by atoms with Crippen molar-refractivity contribution in [3.05, 3.63) is 40.9 Å². The molecule has 0 aliphatic rings. The smallest absolute Gasteiger partial charge is 0.194 e. The zero-order valence-corrected chi connectivity index (χ0v) is 10.5. The average Bonchev–Trinajstić information content (AvgIpc) is 2.79. The molecule has 0 atom stereocenters. The Morgan fingerprint density at radius 1 is 1.41 bits per heavy atom. The van der Waals surface area contributed by atoms with Crippen molar-refractivity contribution in [2.45, 2.75) is 19.8 Å². The molecule has 1 aromatic carbocycles. The summed E-state index contributed by atoms with van der Waals surface area (Å²) in [4.78, 5) is 4.23. The average molecular weight is 251 g/mol.